The van der Waals surface area contributed by atoms with Crippen molar-refractivity contribution >= 4 is 11.8 Å². The van der Waals surface area contributed by atoms with E-state index in [4.69, 9.17) is 0 Å². The molecule has 0 aliphatic rings. The van der Waals surface area contributed by atoms with Crippen LogP contribution >= 0.6 is 11.8 Å². The van der Waals surface area contributed by atoms with E-state index in [9.17, 15) is 0 Å². The normalized spacial score (nSPS) is 13.0. The molecule has 1 unspecified atom stereocenters. The molecule has 14 heavy (non-hydrogen) atoms. The molecule has 0 amide bonds. The maximum Gasteiger partial charge on any atom is 0.183 e. The smallest absolute Gasteiger partial charge is 0.183 e. The second-order valence-corrected chi connectivity index (χ2v) is 4.26. The molecule has 0 saturated carbocycles. The molecule has 1 heterocycles. The number of hydrogen-bond donors (Lipinski definition) is 2. The van der Waals surface area contributed by atoms with Gasteiger partial charge in [0.2, 0.25) is 0 Å². The Morgan fingerprint density at radius 3 is 3.07 bits per heavy atom. The fraction of sp³-hybridized carbons (Fsp3) is 0.778. The lowest BCUT2D eigenvalue weighted by Gasteiger charge is -2.12. The molecular formula is C9H18N4S. The van der Waals surface area contributed by atoms with E-state index in [1.807, 2.05) is 7.05 Å². The van der Waals surface area contributed by atoms with Crippen LogP contribution in [0.2, 0.25) is 0 Å². The Hall–Kier alpha value is -0.550. The highest BCUT2D eigenvalue weighted by atomic mass is 32.2. The Kier molecular flexibility index (Phi) is 5.63. The molecule has 0 aliphatic carbocycles. The number of thioether (sulfide) groups is 1. The second-order valence-electron chi connectivity index (χ2n) is 3.18. The van der Waals surface area contributed by atoms with Gasteiger partial charge in [0.25, 0.3) is 0 Å². The van der Waals surface area contributed by atoms with E-state index in [1.54, 1.807) is 18.1 Å². The zero-order valence-corrected chi connectivity index (χ0v) is 9.60. The first-order chi connectivity index (χ1) is 6.86. The van der Waals surface area contributed by atoms with Crippen LogP contribution < -0.4 is 5.32 Å². The van der Waals surface area contributed by atoms with Gasteiger partial charge in [-0.2, -0.15) is 5.10 Å². The third-order valence-corrected chi connectivity index (χ3v) is 3.19. The zero-order valence-electron chi connectivity index (χ0n) is 8.79. The molecule has 0 bridgehead atoms. The molecule has 1 rings (SSSR count). The Balaban J connectivity index is 2.04. The molecule has 0 fully saturated rings. The molecule has 80 valence electrons. The van der Waals surface area contributed by atoms with Crippen molar-refractivity contribution < 1.29 is 0 Å². The van der Waals surface area contributed by atoms with Crippen LogP contribution in [0.15, 0.2) is 11.5 Å². The minimum Gasteiger partial charge on any atom is -0.317 e. The lowest BCUT2D eigenvalue weighted by Crippen LogP contribution is -2.23. The van der Waals surface area contributed by atoms with Crippen LogP contribution in [0, 0.1) is 0 Å². The van der Waals surface area contributed by atoms with Gasteiger partial charge in [-0.3, -0.25) is 5.10 Å². The maximum absolute atomic E-state index is 4.05. The molecule has 1 atom stereocenters. The summed E-state index contributed by atoms with van der Waals surface area (Å²) < 4.78 is 0. The predicted molar refractivity (Wildman–Crippen MR) is 59.5 cm³/mol. The molecule has 1 aromatic heterocycles. The minimum atomic E-state index is 0.658. The number of H-pyrrole nitrogens is 1. The summed E-state index contributed by atoms with van der Waals surface area (Å²) in [5, 5.41) is 10.9. The standard InChI is InChI=1S/C9H18N4S/c1-3-8(10-2)5-4-6-14-9-11-7-12-13-9/h7-8,10H,3-6H2,1-2H3,(H,11,12,13). The number of aromatic nitrogens is 3. The van der Waals surface area contributed by atoms with Crippen molar-refractivity contribution in [2.75, 3.05) is 12.8 Å². The van der Waals surface area contributed by atoms with Crippen LogP contribution in [0.25, 0.3) is 0 Å². The van der Waals surface area contributed by atoms with E-state index in [0.717, 1.165) is 10.9 Å². The summed E-state index contributed by atoms with van der Waals surface area (Å²) in [6.45, 7) is 2.21. The molecule has 0 aromatic carbocycles. The molecule has 2 N–H and O–H groups in total. The van der Waals surface area contributed by atoms with Crippen LogP contribution in [-0.4, -0.2) is 34.0 Å². The average molecular weight is 214 g/mol. The highest BCUT2D eigenvalue weighted by Crippen LogP contribution is 2.14. The first-order valence-corrected chi connectivity index (χ1v) is 6.00. The van der Waals surface area contributed by atoms with Crippen molar-refractivity contribution in [3.63, 3.8) is 0 Å². The van der Waals surface area contributed by atoms with E-state index in [1.165, 1.54) is 19.3 Å². The highest BCUT2D eigenvalue weighted by molar-refractivity contribution is 7.99. The Bertz CT molecular complexity index is 221. The van der Waals surface area contributed by atoms with E-state index in [2.05, 4.69) is 27.4 Å². The van der Waals surface area contributed by atoms with Gasteiger partial charge in [-0.25, -0.2) is 4.98 Å². The van der Waals surface area contributed by atoms with Gasteiger partial charge in [0, 0.05) is 11.8 Å². The fourth-order valence-electron chi connectivity index (χ4n) is 1.31. The zero-order chi connectivity index (χ0) is 10.2. The summed E-state index contributed by atoms with van der Waals surface area (Å²) in [6, 6.07) is 0.658. The molecule has 0 radical (unpaired) electrons. The summed E-state index contributed by atoms with van der Waals surface area (Å²) in [6.07, 6.45) is 5.19. The average Bonchev–Trinajstić information content (AvgIpc) is 2.71. The Morgan fingerprint density at radius 1 is 1.64 bits per heavy atom. The van der Waals surface area contributed by atoms with Gasteiger partial charge in [-0.1, -0.05) is 18.7 Å². The third kappa shape index (κ3) is 4.11. The lowest BCUT2D eigenvalue weighted by molar-refractivity contribution is 0.504. The van der Waals surface area contributed by atoms with Crippen molar-refractivity contribution in [1.29, 1.82) is 0 Å². The predicted octanol–water partition coefficient (Wildman–Crippen LogP) is 1.67. The topological polar surface area (TPSA) is 53.6 Å². The lowest BCUT2D eigenvalue weighted by atomic mass is 10.1. The van der Waals surface area contributed by atoms with Crippen molar-refractivity contribution in [2.45, 2.75) is 37.4 Å². The van der Waals surface area contributed by atoms with Gasteiger partial charge in [0.15, 0.2) is 5.16 Å². The first kappa shape index (κ1) is 11.5. The van der Waals surface area contributed by atoms with Crippen LogP contribution in [0.5, 0.6) is 0 Å². The van der Waals surface area contributed by atoms with Gasteiger partial charge >= 0.3 is 0 Å². The molecule has 0 aliphatic heterocycles. The monoisotopic (exact) mass is 214 g/mol. The highest BCUT2D eigenvalue weighted by Gasteiger charge is 2.02. The SMILES string of the molecule is CCC(CCCSc1ncn[nH]1)NC. The summed E-state index contributed by atoms with van der Waals surface area (Å²) in [5.74, 6) is 1.10. The summed E-state index contributed by atoms with van der Waals surface area (Å²) in [4.78, 5) is 4.05. The van der Waals surface area contributed by atoms with E-state index in [-0.39, 0.29) is 0 Å². The van der Waals surface area contributed by atoms with Gasteiger partial charge in [0.05, 0.1) is 0 Å². The Labute approximate surface area is 89.3 Å². The van der Waals surface area contributed by atoms with Gasteiger partial charge in [-0.15, -0.1) is 0 Å². The number of aromatic amines is 1. The van der Waals surface area contributed by atoms with Crippen LogP contribution in [-0.2, 0) is 0 Å². The molecule has 1 aromatic rings. The summed E-state index contributed by atoms with van der Waals surface area (Å²) in [7, 11) is 2.03. The largest absolute Gasteiger partial charge is 0.317 e. The Morgan fingerprint density at radius 2 is 2.50 bits per heavy atom. The molecular weight excluding hydrogens is 196 g/mol. The van der Waals surface area contributed by atoms with Crippen LogP contribution in [0.4, 0.5) is 0 Å². The fourth-order valence-corrected chi connectivity index (χ4v) is 2.06. The maximum atomic E-state index is 4.05. The molecule has 0 spiro atoms. The second kappa shape index (κ2) is 6.84. The number of nitrogens with one attached hydrogen (secondary N) is 2. The minimum absolute atomic E-state index is 0.658. The van der Waals surface area contributed by atoms with Crippen molar-refractivity contribution in [2.24, 2.45) is 0 Å². The summed E-state index contributed by atoms with van der Waals surface area (Å²) >= 11 is 1.73. The number of nitrogens with zero attached hydrogens (tertiary/aromatic N) is 2. The first-order valence-electron chi connectivity index (χ1n) is 5.02. The van der Waals surface area contributed by atoms with E-state index in [0.29, 0.717) is 6.04 Å². The van der Waals surface area contributed by atoms with Crippen molar-refractivity contribution in [3.05, 3.63) is 6.33 Å². The van der Waals surface area contributed by atoms with Crippen molar-refractivity contribution in [1.82, 2.24) is 20.5 Å². The van der Waals surface area contributed by atoms with Gasteiger partial charge < -0.3 is 5.32 Å². The summed E-state index contributed by atoms with van der Waals surface area (Å²) in [5.41, 5.74) is 0. The third-order valence-electron chi connectivity index (χ3n) is 2.23. The number of hydrogen-bond acceptors (Lipinski definition) is 4. The molecule has 4 nitrogen and oxygen atoms in total. The number of rotatable bonds is 7. The van der Waals surface area contributed by atoms with Crippen molar-refractivity contribution in [3.8, 4) is 0 Å². The molecule has 5 heteroatoms. The quantitative estimate of drug-likeness (QED) is 0.535. The van der Waals surface area contributed by atoms with Gasteiger partial charge in [0.1, 0.15) is 6.33 Å². The van der Waals surface area contributed by atoms with Crippen LogP contribution in [0.1, 0.15) is 26.2 Å². The van der Waals surface area contributed by atoms with E-state index < -0.39 is 0 Å². The van der Waals surface area contributed by atoms with E-state index >= 15 is 0 Å². The van der Waals surface area contributed by atoms with Gasteiger partial charge in [-0.05, 0) is 26.3 Å². The van der Waals surface area contributed by atoms with Crippen LogP contribution in [0.3, 0.4) is 0 Å². The molecule has 0 saturated heterocycles.